The van der Waals surface area contributed by atoms with E-state index in [4.69, 9.17) is 9.47 Å². The summed E-state index contributed by atoms with van der Waals surface area (Å²) in [6, 6.07) is 9.67. The van der Waals surface area contributed by atoms with Gasteiger partial charge in [-0.15, -0.1) is 0 Å². The van der Waals surface area contributed by atoms with Crippen LogP contribution in [0.3, 0.4) is 0 Å². The second-order valence-electron chi connectivity index (χ2n) is 6.38. The molecule has 0 aliphatic carbocycles. The second-order valence-corrected chi connectivity index (χ2v) is 6.38. The van der Waals surface area contributed by atoms with E-state index < -0.39 is 4.92 Å². The Bertz CT molecular complexity index is 841. The van der Waals surface area contributed by atoms with E-state index >= 15 is 0 Å². The van der Waals surface area contributed by atoms with Crippen molar-refractivity contribution in [2.75, 3.05) is 0 Å². The second kappa shape index (κ2) is 5.63. The van der Waals surface area contributed by atoms with Crippen molar-refractivity contribution >= 4 is 11.5 Å². The molecule has 1 heterocycles. The van der Waals surface area contributed by atoms with Crippen LogP contribution in [0.5, 0.6) is 17.2 Å². The lowest BCUT2D eigenvalue weighted by Gasteiger charge is -2.18. The quantitative estimate of drug-likeness (QED) is 0.475. The number of nitro groups is 1. The Morgan fingerprint density at radius 2 is 2.00 bits per heavy atom. The number of para-hydroxylation sites is 1. The molecule has 6 nitrogen and oxygen atoms in total. The molecule has 6 heteroatoms. The average Bonchev–Trinajstić information content (AvgIpc) is 2.82. The van der Waals surface area contributed by atoms with Crippen molar-refractivity contribution in [2.45, 2.75) is 32.8 Å². The zero-order valence-electron chi connectivity index (χ0n) is 13.7. The number of ketones is 1. The van der Waals surface area contributed by atoms with Gasteiger partial charge >= 0.3 is 5.69 Å². The Kier molecular flexibility index (Phi) is 3.75. The maximum Gasteiger partial charge on any atom is 0.312 e. The van der Waals surface area contributed by atoms with Crippen LogP contribution in [-0.4, -0.2) is 16.3 Å². The molecule has 124 valence electrons. The topological polar surface area (TPSA) is 78.7 Å². The first-order chi connectivity index (χ1) is 11.3. The number of benzene rings is 2. The number of ether oxygens (including phenoxy) is 2. The number of carbonyl (C=O) groups is 1. The molecule has 1 aliphatic heterocycles. The van der Waals surface area contributed by atoms with E-state index in [0.29, 0.717) is 11.5 Å². The Balaban J connectivity index is 2.00. The van der Waals surface area contributed by atoms with Gasteiger partial charge in [0.05, 0.1) is 4.92 Å². The predicted molar refractivity (Wildman–Crippen MR) is 88.0 cm³/mol. The Morgan fingerprint density at radius 3 is 2.67 bits per heavy atom. The summed E-state index contributed by atoms with van der Waals surface area (Å²) in [5, 5.41) is 11.3. The highest BCUT2D eigenvalue weighted by Crippen LogP contribution is 2.44. The third kappa shape index (κ3) is 2.95. The van der Waals surface area contributed by atoms with E-state index in [1.807, 2.05) is 26.0 Å². The summed E-state index contributed by atoms with van der Waals surface area (Å²) >= 11 is 0. The molecular weight excluding hydrogens is 310 g/mol. The normalized spacial score (nSPS) is 14.6. The monoisotopic (exact) mass is 327 g/mol. The number of hydrogen-bond donors (Lipinski definition) is 0. The summed E-state index contributed by atoms with van der Waals surface area (Å²) in [6.45, 7) is 5.31. The Hall–Kier alpha value is -2.89. The van der Waals surface area contributed by atoms with Gasteiger partial charge in [-0.2, -0.15) is 0 Å². The Labute approximate surface area is 139 Å². The minimum atomic E-state index is -0.560. The SMILES string of the molecule is CC(=O)c1ccc(Oc2cccc3c2OC(C)(C)C3)c([N+](=O)[O-])c1. The van der Waals surface area contributed by atoms with Crippen molar-refractivity contribution in [3.05, 3.63) is 57.6 Å². The highest BCUT2D eigenvalue weighted by molar-refractivity contribution is 5.95. The van der Waals surface area contributed by atoms with Crippen molar-refractivity contribution in [3.63, 3.8) is 0 Å². The van der Waals surface area contributed by atoms with Crippen molar-refractivity contribution in [1.29, 1.82) is 0 Å². The largest absolute Gasteiger partial charge is 0.483 e. The summed E-state index contributed by atoms with van der Waals surface area (Å²) in [5.41, 5.74) is 0.675. The van der Waals surface area contributed by atoms with Crippen molar-refractivity contribution in [2.24, 2.45) is 0 Å². The zero-order chi connectivity index (χ0) is 17.5. The lowest BCUT2D eigenvalue weighted by atomic mass is 10.0. The number of nitrogens with zero attached hydrogens (tertiary/aromatic N) is 1. The van der Waals surface area contributed by atoms with Gasteiger partial charge in [0.1, 0.15) is 5.60 Å². The van der Waals surface area contributed by atoms with Gasteiger partial charge in [-0.3, -0.25) is 14.9 Å². The third-order valence-corrected chi connectivity index (χ3v) is 3.84. The van der Waals surface area contributed by atoms with Crippen LogP contribution < -0.4 is 9.47 Å². The average molecular weight is 327 g/mol. The zero-order valence-corrected chi connectivity index (χ0v) is 13.7. The van der Waals surface area contributed by atoms with Gasteiger partial charge in [0.15, 0.2) is 17.3 Å². The molecule has 2 aromatic rings. The molecule has 0 amide bonds. The summed E-state index contributed by atoms with van der Waals surface area (Å²) < 4.78 is 11.7. The number of carbonyl (C=O) groups excluding carboxylic acids is 1. The Morgan fingerprint density at radius 1 is 1.25 bits per heavy atom. The van der Waals surface area contributed by atoms with Crippen LogP contribution in [0.1, 0.15) is 36.7 Å². The van der Waals surface area contributed by atoms with Crippen LogP contribution in [0.2, 0.25) is 0 Å². The molecule has 0 aromatic heterocycles. The summed E-state index contributed by atoms with van der Waals surface area (Å²) in [6.07, 6.45) is 0.741. The van der Waals surface area contributed by atoms with Gasteiger partial charge in [-0.1, -0.05) is 12.1 Å². The van der Waals surface area contributed by atoms with Gasteiger partial charge in [0.25, 0.3) is 0 Å². The first kappa shape index (κ1) is 16.0. The minimum absolute atomic E-state index is 0.0757. The highest BCUT2D eigenvalue weighted by atomic mass is 16.6. The van der Waals surface area contributed by atoms with E-state index in [1.54, 1.807) is 6.07 Å². The molecule has 0 atom stereocenters. The number of Topliss-reactive ketones (excluding diaryl/α,β-unsaturated/α-hetero) is 1. The third-order valence-electron chi connectivity index (χ3n) is 3.84. The van der Waals surface area contributed by atoms with Crippen LogP contribution in [0.15, 0.2) is 36.4 Å². The molecule has 0 unspecified atom stereocenters. The smallest absolute Gasteiger partial charge is 0.312 e. The van der Waals surface area contributed by atoms with E-state index in [2.05, 4.69) is 0 Å². The molecule has 3 rings (SSSR count). The highest BCUT2D eigenvalue weighted by Gasteiger charge is 2.33. The summed E-state index contributed by atoms with van der Waals surface area (Å²) in [4.78, 5) is 22.2. The van der Waals surface area contributed by atoms with Crippen molar-refractivity contribution in [1.82, 2.24) is 0 Å². The molecule has 1 aliphatic rings. The molecule has 0 saturated carbocycles. The van der Waals surface area contributed by atoms with Crippen LogP contribution in [0.4, 0.5) is 5.69 Å². The molecule has 0 bridgehead atoms. The first-order valence-corrected chi connectivity index (χ1v) is 7.55. The van der Waals surface area contributed by atoms with Crippen LogP contribution in [-0.2, 0) is 6.42 Å². The van der Waals surface area contributed by atoms with Gasteiger partial charge in [0.2, 0.25) is 5.75 Å². The number of fused-ring (bicyclic) bond motifs is 1. The van der Waals surface area contributed by atoms with Crippen molar-refractivity contribution < 1.29 is 19.2 Å². The van der Waals surface area contributed by atoms with Gasteiger partial charge in [-0.25, -0.2) is 0 Å². The lowest BCUT2D eigenvalue weighted by Crippen LogP contribution is -2.24. The minimum Gasteiger partial charge on any atom is -0.483 e. The number of hydrogen-bond acceptors (Lipinski definition) is 5. The molecule has 0 saturated heterocycles. The van der Waals surface area contributed by atoms with Crippen LogP contribution in [0.25, 0.3) is 0 Å². The van der Waals surface area contributed by atoms with E-state index in [-0.39, 0.29) is 28.4 Å². The first-order valence-electron chi connectivity index (χ1n) is 7.55. The predicted octanol–water partition coefficient (Wildman–Crippen LogP) is 4.30. The lowest BCUT2D eigenvalue weighted by molar-refractivity contribution is -0.385. The maximum absolute atomic E-state index is 11.4. The maximum atomic E-state index is 11.4. The van der Waals surface area contributed by atoms with Gasteiger partial charge in [-0.05, 0) is 39.0 Å². The van der Waals surface area contributed by atoms with Gasteiger partial charge < -0.3 is 9.47 Å². The molecule has 24 heavy (non-hydrogen) atoms. The number of rotatable bonds is 4. The molecule has 0 radical (unpaired) electrons. The van der Waals surface area contributed by atoms with E-state index in [1.165, 1.54) is 25.1 Å². The molecule has 0 N–H and O–H groups in total. The molecule has 2 aromatic carbocycles. The van der Waals surface area contributed by atoms with Gasteiger partial charge in [0, 0.05) is 23.6 Å². The van der Waals surface area contributed by atoms with Crippen LogP contribution in [0, 0.1) is 10.1 Å². The number of nitro benzene ring substituents is 1. The fourth-order valence-corrected chi connectivity index (χ4v) is 2.75. The fraction of sp³-hybridized carbons (Fsp3) is 0.278. The molecule has 0 spiro atoms. The van der Waals surface area contributed by atoms with E-state index in [9.17, 15) is 14.9 Å². The fourth-order valence-electron chi connectivity index (χ4n) is 2.75. The summed E-state index contributed by atoms with van der Waals surface area (Å²) in [7, 11) is 0. The van der Waals surface area contributed by atoms with Crippen LogP contribution >= 0.6 is 0 Å². The molecular formula is C18H17NO5. The summed E-state index contributed by atoms with van der Waals surface area (Å²) in [5.74, 6) is 0.867. The standard InChI is InChI=1S/C18H17NO5/c1-11(20)12-7-8-15(14(9-12)19(21)22)23-16-6-4-5-13-10-18(2,3)24-17(13)16/h4-9H,10H2,1-3H3. The molecule has 0 fully saturated rings. The van der Waals surface area contributed by atoms with E-state index in [0.717, 1.165) is 12.0 Å². The van der Waals surface area contributed by atoms with Crippen molar-refractivity contribution in [3.8, 4) is 17.2 Å².